The second-order valence-electron chi connectivity index (χ2n) is 3.24. The van der Waals surface area contributed by atoms with E-state index in [2.05, 4.69) is 0 Å². The van der Waals surface area contributed by atoms with Crippen molar-refractivity contribution in [2.24, 2.45) is 0 Å². The minimum absolute atomic E-state index is 0.182. The fourth-order valence-corrected chi connectivity index (χ4v) is 1.83. The zero-order valence-corrected chi connectivity index (χ0v) is 10.1. The third-order valence-electron chi connectivity index (χ3n) is 1.94. The van der Waals surface area contributed by atoms with Crippen molar-refractivity contribution in [3.63, 3.8) is 0 Å². The fraction of sp³-hybridized carbons (Fsp3) is 0.333. The molecule has 4 nitrogen and oxygen atoms in total. The number of carboxylic acid groups (broad SMARTS) is 1. The number of hydrogen-bond acceptors (Lipinski definition) is 4. The van der Waals surface area contributed by atoms with Crippen LogP contribution in [0, 0.1) is 11.3 Å². The number of nitrogens with zero attached hydrogens (tertiary/aromatic N) is 1. The van der Waals surface area contributed by atoms with Crippen LogP contribution in [0.3, 0.4) is 0 Å². The highest BCUT2D eigenvalue weighted by Gasteiger charge is 1.98. The van der Waals surface area contributed by atoms with Gasteiger partial charge in [0.2, 0.25) is 0 Å². The van der Waals surface area contributed by atoms with Crippen LogP contribution in [-0.2, 0) is 4.79 Å². The molecule has 0 aliphatic rings. The van der Waals surface area contributed by atoms with E-state index in [4.69, 9.17) is 15.1 Å². The molecule has 0 saturated carbocycles. The number of rotatable bonds is 7. The van der Waals surface area contributed by atoms with E-state index in [-0.39, 0.29) is 6.42 Å². The zero-order chi connectivity index (χ0) is 12.5. The van der Waals surface area contributed by atoms with Crippen LogP contribution in [0.2, 0.25) is 0 Å². The van der Waals surface area contributed by atoms with Crippen LogP contribution in [0.1, 0.15) is 12.0 Å². The summed E-state index contributed by atoms with van der Waals surface area (Å²) in [6, 6.07) is 8.94. The minimum atomic E-state index is -0.773. The van der Waals surface area contributed by atoms with Crippen LogP contribution in [0.25, 0.3) is 0 Å². The highest BCUT2D eigenvalue weighted by atomic mass is 32.2. The van der Waals surface area contributed by atoms with Gasteiger partial charge in [-0.05, 0) is 24.3 Å². The summed E-state index contributed by atoms with van der Waals surface area (Å²) in [5.41, 5.74) is 0.605. The van der Waals surface area contributed by atoms with Crippen molar-refractivity contribution >= 4 is 17.7 Å². The van der Waals surface area contributed by atoms with Crippen molar-refractivity contribution in [3.05, 3.63) is 29.8 Å². The van der Waals surface area contributed by atoms with Crippen LogP contribution in [0.15, 0.2) is 24.3 Å². The Morgan fingerprint density at radius 1 is 1.35 bits per heavy atom. The summed E-state index contributed by atoms with van der Waals surface area (Å²) < 4.78 is 5.43. The van der Waals surface area contributed by atoms with E-state index >= 15 is 0 Å². The van der Waals surface area contributed by atoms with Gasteiger partial charge in [0, 0.05) is 11.5 Å². The first-order chi connectivity index (χ1) is 8.22. The zero-order valence-electron chi connectivity index (χ0n) is 9.26. The Balaban J connectivity index is 2.14. The Labute approximate surface area is 104 Å². The topological polar surface area (TPSA) is 70.3 Å². The first-order valence-corrected chi connectivity index (χ1v) is 6.30. The molecular weight excluding hydrogens is 238 g/mol. The summed E-state index contributed by atoms with van der Waals surface area (Å²) in [5.74, 6) is 1.31. The number of aliphatic carboxylic acids is 1. The number of benzene rings is 1. The van der Waals surface area contributed by atoms with Gasteiger partial charge in [0.25, 0.3) is 0 Å². The molecule has 1 aromatic carbocycles. The maximum Gasteiger partial charge on any atom is 0.304 e. The number of ether oxygens (including phenoxy) is 1. The molecule has 1 rings (SSSR count). The van der Waals surface area contributed by atoms with Crippen LogP contribution >= 0.6 is 11.8 Å². The van der Waals surface area contributed by atoms with E-state index in [1.165, 1.54) is 0 Å². The number of hydrogen-bond donors (Lipinski definition) is 1. The molecule has 0 aromatic heterocycles. The molecule has 0 heterocycles. The standard InChI is InChI=1S/C12H13NO3S/c13-9-10-1-3-11(4-2-10)16-6-8-17-7-5-12(14)15/h1-4H,5-8H2,(H,14,15). The van der Waals surface area contributed by atoms with E-state index in [1.54, 1.807) is 36.0 Å². The predicted molar refractivity (Wildman–Crippen MR) is 66.2 cm³/mol. The van der Waals surface area contributed by atoms with E-state index in [0.717, 1.165) is 11.5 Å². The van der Waals surface area contributed by atoms with Crippen molar-refractivity contribution in [2.75, 3.05) is 18.1 Å². The molecule has 0 unspecified atom stereocenters. The molecule has 5 heteroatoms. The SMILES string of the molecule is N#Cc1ccc(OCCSCCC(=O)O)cc1. The average molecular weight is 251 g/mol. The molecule has 0 radical (unpaired) electrons. The molecule has 0 amide bonds. The maximum atomic E-state index is 10.2. The monoisotopic (exact) mass is 251 g/mol. The molecule has 0 saturated heterocycles. The largest absolute Gasteiger partial charge is 0.493 e. The summed E-state index contributed by atoms with van der Waals surface area (Å²) in [5, 5.41) is 17.0. The normalized spacial score (nSPS) is 9.59. The Morgan fingerprint density at radius 2 is 2.06 bits per heavy atom. The van der Waals surface area contributed by atoms with Crippen LogP contribution in [-0.4, -0.2) is 29.2 Å². The Bertz CT molecular complexity index is 397. The van der Waals surface area contributed by atoms with Gasteiger partial charge in [0.1, 0.15) is 5.75 Å². The molecule has 0 aliphatic heterocycles. The van der Waals surface area contributed by atoms with Gasteiger partial charge in [0.05, 0.1) is 24.7 Å². The lowest BCUT2D eigenvalue weighted by atomic mass is 10.2. The van der Waals surface area contributed by atoms with Gasteiger partial charge in [-0.1, -0.05) is 0 Å². The van der Waals surface area contributed by atoms with Crippen molar-refractivity contribution in [1.29, 1.82) is 5.26 Å². The quantitative estimate of drug-likeness (QED) is 0.752. The molecule has 1 aromatic rings. The summed E-state index contributed by atoms with van der Waals surface area (Å²) >= 11 is 1.55. The average Bonchev–Trinajstić information content (AvgIpc) is 2.34. The summed E-state index contributed by atoms with van der Waals surface area (Å²) in [6.45, 7) is 0.538. The van der Waals surface area contributed by atoms with Gasteiger partial charge < -0.3 is 9.84 Å². The van der Waals surface area contributed by atoms with E-state index in [1.807, 2.05) is 6.07 Å². The van der Waals surface area contributed by atoms with Gasteiger partial charge >= 0.3 is 5.97 Å². The van der Waals surface area contributed by atoms with Gasteiger partial charge in [-0.25, -0.2) is 0 Å². The number of nitriles is 1. The van der Waals surface area contributed by atoms with Gasteiger partial charge in [-0.2, -0.15) is 17.0 Å². The third-order valence-corrected chi connectivity index (χ3v) is 2.89. The fourth-order valence-electron chi connectivity index (χ4n) is 1.11. The van der Waals surface area contributed by atoms with Crippen molar-refractivity contribution in [3.8, 4) is 11.8 Å². The third kappa shape index (κ3) is 5.83. The molecular formula is C12H13NO3S. The van der Waals surface area contributed by atoms with Gasteiger partial charge in [-0.15, -0.1) is 0 Å². The van der Waals surface area contributed by atoms with Gasteiger partial charge in [-0.3, -0.25) is 4.79 Å². The molecule has 1 N–H and O–H groups in total. The first kappa shape index (κ1) is 13.4. The maximum absolute atomic E-state index is 10.2. The van der Waals surface area contributed by atoms with Gasteiger partial charge in [0.15, 0.2) is 0 Å². The van der Waals surface area contributed by atoms with Crippen LogP contribution < -0.4 is 4.74 Å². The number of carbonyl (C=O) groups is 1. The predicted octanol–water partition coefficient (Wildman–Crippen LogP) is 2.14. The second-order valence-corrected chi connectivity index (χ2v) is 4.47. The van der Waals surface area contributed by atoms with Crippen molar-refractivity contribution in [1.82, 2.24) is 0 Å². The highest BCUT2D eigenvalue weighted by Crippen LogP contribution is 2.12. The molecule has 17 heavy (non-hydrogen) atoms. The Hall–Kier alpha value is -1.67. The first-order valence-electron chi connectivity index (χ1n) is 5.15. The Morgan fingerprint density at radius 3 is 2.65 bits per heavy atom. The molecule has 0 bridgehead atoms. The van der Waals surface area contributed by atoms with Crippen molar-refractivity contribution < 1.29 is 14.6 Å². The van der Waals surface area contributed by atoms with Crippen LogP contribution in [0.5, 0.6) is 5.75 Å². The molecule has 0 aliphatic carbocycles. The minimum Gasteiger partial charge on any atom is -0.493 e. The summed E-state index contributed by atoms with van der Waals surface area (Å²) in [6.07, 6.45) is 0.182. The lowest BCUT2D eigenvalue weighted by Gasteiger charge is -2.05. The Kier molecular flexibility index (Phi) is 5.97. The molecule has 90 valence electrons. The second kappa shape index (κ2) is 7.58. The summed E-state index contributed by atoms with van der Waals surface area (Å²) in [7, 11) is 0. The van der Waals surface area contributed by atoms with E-state index < -0.39 is 5.97 Å². The van der Waals surface area contributed by atoms with Crippen LogP contribution in [0.4, 0.5) is 0 Å². The smallest absolute Gasteiger partial charge is 0.304 e. The lowest BCUT2D eigenvalue weighted by molar-refractivity contribution is -0.136. The highest BCUT2D eigenvalue weighted by molar-refractivity contribution is 7.99. The molecule has 0 atom stereocenters. The van der Waals surface area contributed by atoms with Crippen molar-refractivity contribution in [2.45, 2.75) is 6.42 Å². The van der Waals surface area contributed by atoms with E-state index in [9.17, 15) is 4.79 Å². The molecule has 0 fully saturated rings. The number of thioether (sulfide) groups is 1. The summed E-state index contributed by atoms with van der Waals surface area (Å²) in [4.78, 5) is 10.2. The van der Waals surface area contributed by atoms with E-state index in [0.29, 0.717) is 17.9 Å². The lowest BCUT2D eigenvalue weighted by Crippen LogP contribution is -2.02. The number of carboxylic acids is 1. The molecule has 0 spiro atoms.